The fourth-order valence-electron chi connectivity index (χ4n) is 2.07. The Labute approximate surface area is 119 Å². The number of benzene rings is 2. The first-order valence-corrected chi connectivity index (χ1v) is 6.04. The molecular formula is C15H11NO5. The van der Waals surface area contributed by atoms with Gasteiger partial charge in [0.15, 0.2) is 5.78 Å². The number of nitro groups is 1. The van der Waals surface area contributed by atoms with Crippen LogP contribution in [0.3, 0.4) is 0 Å². The second kappa shape index (κ2) is 5.54. The fraction of sp³-hybridized carbons (Fsp3) is 0.0667. The third-order valence-corrected chi connectivity index (χ3v) is 3.03. The van der Waals surface area contributed by atoms with Gasteiger partial charge in [-0.15, -0.1) is 0 Å². The predicted molar refractivity (Wildman–Crippen MR) is 75.5 cm³/mol. The lowest BCUT2D eigenvalue weighted by Gasteiger charge is -2.08. The van der Waals surface area contributed by atoms with Crippen molar-refractivity contribution in [1.82, 2.24) is 0 Å². The predicted octanol–water partition coefficient (Wildman–Crippen LogP) is 3.16. The van der Waals surface area contributed by atoms with Gasteiger partial charge in [0.25, 0.3) is 5.69 Å². The summed E-state index contributed by atoms with van der Waals surface area (Å²) in [7, 11) is 0. The molecule has 0 saturated heterocycles. The zero-order valence-corrected chi connectivity index (χ0v) is 11.1. The maximum absolute atomic E-state index is 11.4. The first kappa shape index (κ1) is 14.4. The molecule has 0 heterocycles. The topological polar surface area (TPSA) is 97.5 Å². The molecule has 2 rings (SSSR count). The monoisotopic (exact) mass is 285 g/mol. The second-order valence-corrected chi connectivity index (χ2v) is 4.40. The lowest BCUT2D eigenvalue weighted by molar-refractivity contribution is -0.384. The van der Waals surface area contributed by atoms with E-state index in [1.165, 1.54) is 31.2 Å². The van der Waals surface area contributed by atoms with Crippen LogP contribution in [0.25, 0.3) is 11.1 Å². The highest BCUT2D eigenvalue weighted by atomic mass is 16.6. The molecule has 2 aromatic carbocycles. The summed E-state index contributed by atoms with van der Waals surface area (Å²) in [4.78, 5) is 33.2. The van der Waals surface area contributed by atoms with Crippen LogP contribution in [0.1, 0.15) is 27.6 Å². The maximum atomic E-state index is 11.4. The van der Waals surface area contributed by atoms with Gasteiger partial charge >= 0.3 is 5.97 Å². The minimum Gasteiger partial charge on any atom is -0.478 e. The molecule has 0 aromatic heterocycles. The first-order chi connectivity index (χ1) is 9.91. The standard InChI is InChI=1S/C15H11NO5/c1-9(17)10-4-2-5-11(8-10)14-12(15(18)19)6-3-7-13(14)16(20)21/h2-8H,1H3,(H,18,19). The molecule has 0 saturated carbocycles. The van der Waals surface area contributed by atoms with Crippen LogP contribution in [0, 0.1) is 10.1 Å². The second-order valence-electron chi connectivity index (χ2n) is 4.40. The zero-order chi connectivity index (χ0) is 15.6. The molecule has 0 aliphatic carbocycles. The Morgan fingerprint density at radius 3 is 2.38 bits per heavy atom. The minimum absolute atomic E-state index is 0.00176. The quantitative estimate of drug-likeness (QED) is 0.528. The van der Waals surface area contributed by atoms with Crippen molar-refractivity contribution in [3.63, 3.8) is 0 Å². The fourth-order valence-corrected chi connectivity index (χ4v) is 2.07. The Morgan fingerprint density at radius 1 is 1.14 bits per heavy atom. The summed E-state index contributed by atoms with van der Waals surface area (Å²) in [5, 5.41) is 20.4. The SMILES string of the molecule is CC(=O)c1cccc(-c2c(C(=O)O)cccc2[N+](=O)[O-])c1. The van der Waals surface area contributed by atoms with E-state index in [0.29, 0.717) is 11.1 Å². The van der Waals surface area contributed by atoms with Gasteiger partial charge in [0.2, 0.25) is 0 Å². The number of hydrogen-bond acceptors (Lipinski definition) is 4. The van der Waals surface area contributed by atoms with Gasteiger partial charge in [0.05, 0.1) is 16.1 Å². The summed E-state index contributed by atoms with van der Waals surface area (Å²) in [5.74, 6) is -1.46. The third-order valence-electron chi connectivity index (χ3n) is 3.03. The van der Waals surface area contributed by atoms with E-state index in [4.69, 9.17) is 0 Å². The Kier molecular flexibility index (Phi) is 3.80. The minimum atomic E-state index is -1.26. The van der Waals surface area contributed by atoms with Gasteiger partial charge in [-0.05, 0) is 24.6 Å². The van der Waals surface area contributed by atoms with Crippen molar-refractivity contribution in [2.45, 2.75) is 6.92 Å². The number of Topliss-reactive ketones (excluding diaryl/α,β-unsaturated/α-hetero) is 1. The number of hydrogen-bond donors (Lipinski definition) is 1. The molecule has 0 aliphatic rings. The lowest BCUT2D eigenvalue weighted by atomic mass is 9.95. The van der Waals surface area contributed by atoms with Gasteiger partial charge in [-0.25, -0.2) is 4.79 Å². The van der Waals surface area contributed by atoms with Crippen molar-refractivity contribution in [3.05, 3.63) is 63.7 Å². The largest absolute Gasteiger partial charge is 0.478 e. The molecule has 0 radical (unpaired) electrons. The highest BCUT2D eigenvalue weighted by Gasteiger charge is 2.23. The average molecular weight is 285 g/mol. The van der Waals surface area contributed by atoms with Gasteiger partial charge < -0.3 is 5.11 Å². The van der Waals surface area contributed by atoms with Crippen molar-refractivity contribution >= 4 is 17.4 Å². The number of nitro benzene ring substituents is 1. The number of nitrogens with zero attached hydrogens (tertiary/aromatic N) is 1. The van der Waals surface area contributed by atoms with Crippen molar-refractivity contribution < 1.29 is 19.6 Å². The van der Waals surface area contributed by atoms with Crippen LogP contribution >= 0.6 is 0 Å². The lowest BCUT2D eigenvalue weighted by Crippen LogP contribution is -2.03. The summed E-state index contributed by atoms with van der Waals surface area (Å²) in [6.07, 6.45) is 0. The Balaban J connectivity index is 2.77. The molecule has 0 fully saturated rings. The van der Waals surface area contributed by atoms with E-state index < -0.39 is 10.9 Å². The van der Waals surface area contributed by atoms with Crippen LogP contribution in [0.5, 0.6) is 0 Å². The zero-order valence-electron chi connectivity index (χ0n) is 11.1. The number of carboxylic acids is 1. The van der Waals surface area contributed by atoms with E-state index in [1.54, 1.807) is 18.2 Å². The molecule has 106 valence electrons. The maximum Gasteiger partial charge on any atom is 0.336 e. The van der Waals surface area contributed by atoms with Crippen molar-refractivity contribution in [2.24, 2.45) is 0 Å². The first-order valence-electron chi connectivity index (χ1n) is 6.04. The molecule has 0 unspecified atom stereocenters. The molecule has 2 aromatic rings. The summed E-state index contributed by atoms with van der Waals surface area (Å²) < 4.78 is 0. The summed E-state index contributed by atoms with van der Waals surface area (Å²) in [6.45, 7) is 1.37. The Bertz CT molecular complexity index is 719. The number of aromatic carboxylic acids is 1. The molecule has 0 aliphatic heterocycles. The summed E-state index contributed by atoms with van der Waals surface area (Å²) in [5.41, 5.74) is 0.202. The van der Waals surface area contributed by atoms with E-state index in [0.717, 1.165) is 0 Å². The smallest absolute Gasteiger partial charge is 0.336 e. The van der Waals surface area contributed by atoms with Crippen LogP contribution in [0.15, 0.2) is 42.5 Å². The van der Waals surface area contributed by atoms with Crippen LogP contribution in [0.4, 0.5) is 5.69 Å². The van der Waals surface area contributed by atoms with E-state index in [1.807, 2.05) is 0 Å². The highest BCUT2D eigenvalue weighted by molar-refractivity contribution is 6.01. The average Bonchev–Trinajstić information content (AvgIpc) is 2.46. The normalized spacial score (nSPS) is 10.1. The summed E-state index contributed by atoms with van der Waals surface area (Å²) >= 11 is 0. The molecule has 0 atom stereocenters. The molecule has 0 amide bonds. The van der Waals surface area contributed by atoms with Crippen LogP contribution in [-0.2, 0) is 0 Å². The van der Waals surface area contributed by atoms with E-state index in [2.05, 4.69) is 0 Å². The van der Waals surface area contributed by atoms with Gasteiger partial charge in [-0.2, -0.15) is 0 Å². The number of rotatable bonds is 4. The highest BCUT2D eigenvalue weighted by Crippen LogP contribution is 2.33. The van der Waals surface area contributed by atoms with Crippen LogP contribution in [0.2, 0.25) is 0 Å². The molecular weight excluding hydrogens is 274 g/mol. The molecule has 6 nitrogen and oxygen atoms in total. The van der Waals surface area contributed by atoms with Gasteiger partial charge in [-0.3, -0.25) is 14.9 Å². The number of ketones is 1. The Morgan fingerprint density at radius 2 is 1.81 bits per heavy atom. The molecule has 0 bridgehead atoms. The van der Waals surface area contributed by atoms with Gasteiger partial charge in [-0.1, -0.05) is 24.3 Å². The molecule has 0 spiro atoms. The van der Waals surface area contributed by atoms with Gasteiger partial charge in [0, 0.05) is 11.6 Å². The van der Waals surface area contributed by atoms with Crippen molar-refractivity contribution in [1.29, 1.82) is 0 Å². The Hall–Kier alpha value is -3.02. The van der Waals surface area contributed by atoms with Crippen molar-refractivity contribution in [3.8, 4) is 11.1 Å². The third kappa shape index (κ3) is 2.79. The number of carbonyl (C=O) groups is 2. The molecule has 1 N–H and O–H groups in total. The molecule has 21 heavy (non-hydrogen) atoms. The summed E-state index contributed by atoms with van der Waals surface area (Å²) in [6, 6.07) is 9.99. The van der Waals surface area contributed by atoms with Crippen LogP contribution in [-0.4, -0.2) is 21.8 Å². The van der Waals surface area contributed by atoms with Gasteiger partial charge in [0.1, 0.15) is 0 Å². The van der Waals surface area contributed by atoms with E-state index in [9.17, 15) is 24.8 Å². The molecule has 6 heteroatoms. The van der Waals surface area contributed by atoms with Crippen LogP contribution < -0.4 is 0 Å². The van der Waals surface area contributed by atoms with E-state index >= 15 is 0 Å². The number of carbonyl (C=O) groups excluding carboxylic acids is 1. The van der Waals surface area contributed by atoms with E-state index in [-0.39, 0.29) is 22.6 Å². The van der Waals surface area contributed by atoms with Crippen molar-refractivity contribution in [2.75, 3.05) is 0 Å². The number of carboxylic acid groups (broad SMARTS) is 1.